The fraction of sp³-hybridized carbons (Fsp3) is 0.846. The molecule has 1 saturated heterocycles. The number of carbonyl (C=O) groups excluding carboxylic acids is 1. The van der Waals surface area contributed by atoms with E-state index in [2.05, 4.69) is 31.9 Å². The Labute approximate surface area is 135 Å². The van der Waals surface area contributed by atoms with Gasteiger partial charge in [0.25, 0.3) is 0 Å². The van der Waals surface area contributed by atoms with Crippen molar-refractivity contribution in [1.29, 1.82) is 0 Å². The van der Waals surface area contributed by atoms with Crippen LogP contribution in [-0.2, 0) is 9.53 Å². The molecule has 1 aliphatic carbocycles. The van der Waals surface area contributed by atoms with Gasteiger partial charge < -0.3 is 9.84 Å². The van der Waals surface area contributed by atoms with Gasteiger partial charge in [0, 0.05) is 12.0 Å². The van der Waals surface area contributed by atoms with Crippen molar-refractivity contribution in [2.24, 2.45) is 5.41 Å². The molecule has 2 atom stereocenters. The molecule has 0 aromatic rings. The van der Waals surface area contributed by atoms with E-state index in [-0.39, 0.29) is 8.65 Å². The van der Waals surface area contributed by atoms with Crippen molar-refractivity contribution in [3.63, 3.8) is 0 Å². The minimum absolute atomic E-state index is 0.0748. The van der Waals surface area contributed by atoms with Gasteiger partial charge in [0.2, 0.25) is 0 Å². The third-order valence-corrected chi connectivity index (χ3v) is 6.16. The van der Waals surface area contributed by atoms with Gasteiger partial charge >= 0.3 is 12.1 Å². The molecule has 0 aromatic heterocycles. The predicted octanol–water partition coefficient (Wildman–Crippen LogP) is 3.35. The Kier molecular flexibility index (Phi) is 3.91. The highest BCUT2D eigenvalue weighted by atomic mass is 79.9. The molecule has 2 fully saturated rings. The van der Waals surface area contributed by atoms with Crippen LogP contribution >= 0.6 is 31.9 Å². The molecule has 1 unspecified atom stereocenters. The maximum absolute atomic E-state index is 12.1. The number of carboxylic acid groups (broad SMARTS) is 1. The summed E-state index contributed by atoms with van der Waals surface area (Å²) >= 11 is 7.15. The van der Waals surface area contributed by atoms with Gasteiger partial charge in [-0.3, -0.25) is 4.90 Å². The molecule has 1 saturated carbocycles. The molecule has 7 heteroatoms. The molecule has 20 heavy (non-hydrogen) atoms. The zero-order chi connectivity index (χ0) is 15.3. The highest BCUT2D eigenvalue weighted by Gasteiger charge is 2.67. The molecule has 2 rings (SSSR count). The van der Waals surface area contributed by atoms with Gasteiger partial charge in [-0.05, 0) is 40.0 Å². The number of aliphatic carboxylic acids is 1. The number of hydrogen-bond acceptors (Lipinski definition) is 3. The molecule has 0 bridgehead atoms. The lowest BCUT2D eigenvalue weighted by molar-refractivity contribution is -0.145. The fourth-order valence-corrected chi connectivity index (χ4v) is 4.50. The average Bonchev–Trinajstić information content (AvgIpc) is 2.76. The third-order valence-electron chi connectivity index (χ3n) is 3.92. The van der Waals surface area contributed by atoms with Crippen LogP contribution in [0.25, 0.3) is 0 Å². The Morgan fingerprint density at radius 3 is 2.30 bits per heavy atom. The van der Waals surface area contributed by atoms with E-state index in [0.29, 0.717) is 13.0 Å². The molecule has 0 radical (unpaired) electrons. The molecule has 1 aliphatic heterocycles. The van der Waals surface area contributed by atoms with Crippen molar-refractivity contribution in [2.45, 2.75) is 54.9 Å². The number of rotatable bonds is 1. The smallest absolute Gasteiger partial charge is 0.411 e. The Bertz CT molecular complexity index is 446. The maximum atomic E-state index is 12.1. The number of amides is 1. The summed E-state index contributed by atoms with van der Waals surface area (Å²) in [5.74, 6) is -0.974. The van der Waals surface area contributed by atoms with Crippen LogP contribution < -0.4 is 0 Å². The number of hydrogen-bond donors (Lipinski definition) is 1. The second kappa shape index (κ2) is 4.87. The molecule has 0 aromatic carbocycles. The van der Waals surface area contributed by atoms with E-state index < -0.39 is 23.7 Å². The molecule has 1 amide bonds. The molecule has 1 N–H and O–H groups in total. The zero-order valence-corrected chi connectivity index (χ0v) is 15.0. The van der Waals surface area contributed by atoms with E-state index in [1.54, 1.807) is 20.8 Å². The van der Waals surface area contributed by atoms with Gasteiger partial charge in [-0.15, -0.1) is 0 Å². The number of piperidine rings is 1. The van der Waals surface area contributed by atoms with E-state index in [0.717, 1.165) is 12.8 Å². The molecular weight excluding hydrogens is 394 g/mol. The SMILES string of the molecule is CC(C)(C)OC(=O)N1CCC2(C[C@@H]1C(=O)O)CC2(Br)Br. The van der Waals surface area contributed by atoms with E-state index in [1.807, 2.05) is 0 Å². The predicted molar refractivity (Wildman–Crippen MR) is 81.2 cm³/mol. The van der Waals surface area contributed by atoms with E-state index in [4.69, 9.17) is 4.74 Å². The summed E-state index contributed by atoms with van der Waals surface area (Å²) in [5.41, 5.74) is -0.696. The van der Waals surface area contributed by atoms with Crippen LogP contribution in [0.3, 0.4) is 0 Å². The normalized spacial score (nSPS) is 32.0. The summed E-state index contributed by atoms with van der Waals surface area (Å²) < 4.78 is 5.12. The van der Waals surface area contributed by atoms with Crippen LogP contribution in [-0.4, -0.2) is 43.5 Å². The van der Waals surface area contributed by atoms with Crippen LogP contribution in [0.1, 0.15) is 40.0 Å². The first-order chi connectivity index (χ1) is 8.97. The van der Waals surface area contributed by atoms with Crippen LogP contribution in [0.15, 0.2) is 0 Å². The highest BCUT2D eigenvalue weighted by molar-refractivity contribution is 9.25. The Balaban J connectivity index is 2.11. The van der Waals surface area contributed by atoms with Gasteiger partial charge in [0.05, 0.1) is 3.23 Å². The topological polar surface area (TPSA) is 66.8 Å². The summed E-state index contributed by atoms with van der Waals surface area (Å²) in [5, 5.41) is 9.41. The quantitative estimate of drug-likeness (QED) is 0.670. The molecular formula is C13H19Br2NO4. The van der Waals surface area contributed by atoms with Crippen molar-refractivity contribution in [3.8, 4) is 0 Å². The van der Waals surface area contributed by atoms with Gasteiger partial charge in [-0.1, -0.05) is 31.9 Å². The first-order valence-corrected chi connectivity index (χ1v) is 8.16. The monoisotopic (exact) mass is 411 g/mol. The second-order valence-electron chi connectivity index (χ2n) is 6.64. The van der Waals surface area contributed by atoms with Crippen molar-refractivity contribution in [2.75, 3.05) is 6.54 Å². The second-order valence-corrected chi connectivity index (χ2v) is 10.4. The van der Waals surface area contributed by atoms with Crippen molar-refractivity contribution >= 4 is 43.9 Å². The number of carboxylic acids is 1. The number of carbonyl (C=O) groups is 2. The average molecular weight is 413 g/mol. The number of ether oxygens (including phenoxy) is 1. The molecule has 114 valence electrons. The summed E-state index contributed by atoms with van der Waals surface area (Å²) in [7, 11) is 0. The lowest BCUT2D eigenvalue weighted by Crippen LogP contribution is -2.52. The van der Waals surface area contributed by atoms with Crippen LogP contribution in [0.2, 0.25) is 0 Å². The number of likely N-dealkylation sites (tertiary alicyclic amines) is 1. The van der Waals surface area contributed by atoms with Crippen LogP contribution in [0.5, 0.6) is 0 Å². The van der Waals surface area contributed by atoms with E-state index >= 15 is 0 Å². The number of halogens is 2. The molecule has 2 aliphatic rings. The maximum Gasteiger partial charge on any atom is 0.411 e. The summed E-state index contributed by atoms with van der Waals surface area (Å²) in [6.07, 6.45) is 1.55. The molecule has 1 spiro atoms. The fourth-order valence-electron chi connectivity index (χ4n) is 2.71. The first kappa shape index (κ1) is 16.1. The molecule has 5 nitrogen and oxygen atoms in total. The number of alkyl halides is 2. The van der Waals surface area contributed by atoms with E-state index in [9.17, 15) is 14.7 Å². The Hall–Kier alpha value is -0.300. The Morgan fingerprint density at radius 2 is 1.90 bits per heavy atom. The largest absolute Gasteiger partial charge is 0.480 e. The van der Waals surface area contributed by atoms with Crippen molar-refractivity contribution in [1.82, 2.24) is 4.90 Å². The van der Waals surface area contributed by atoms with Crippen molar-refractivity contribution < 1.29 is 19.4 Å². The lowest BCUT2D eigenvalue weighted by Gasteiger charge is -2.38. The van der Waals surface area contributed by atoms with Crippen LogP contribution in [0.4, 0.5) is 4.79 Å². The number of nitrogens with zero attached hydrogens (tertiary/aromatic N) is 1. The summed E-state index contributed by atoms with van der Waals surface area (Å²) in [4.78, 5) is 25.0. The zero-order valence-electron chi connectivity index (χ0n) is 11.8. The lowest BCUT2D eigenvalue weighted by atomic mass is 9.88. The highest BCUT2D eigenvalue weighted by Crippen LogP contribution is 2.71. The van der Waals surface area contributed by atoms with Crippen molar-refractivity contribution in [3.05, 3.63) is 0 Å². The van der Waals surface area contributed by atoms with Gasteiger partial charge in [0.1, 0.15) is 11.6 Å². The minimum Gasteiger partial charge on any atom is -0.480 e. The first-order valence-electron chi connectivity index (χ1n) is 6.58. The van der Waals surface area contributed by atoms with Gasteiger partial charge in [-0.25, -0.2) is 9.59 Å². The minimum atomic E-state index is -0.974. The summed E-state index contributed by atoms with van der Waals surface area (Å²) in [6.45, 7) is 5.73. The van der Waals surface area contributed by atoms with Crippen LogP contribution in [0, 0.1) is 5.41 Å². The molecule has 1 heterocycles. The summed E-state index contributed by atoms with van der Waals surface area (Å²) in [6, 6.07) is -0.824. The van der Waals surface area contributed by atoms with E-state index in [1.165, 1.54) is 4.90 Å². The van der Waals surface area contributed by atoms with Gasteiger partial charge in [0.15, 0.2) is 0 Å². The Morgan fingerprint density at radius 1 is 1.35 bits per heavy atom. The standard InChI is InChI=1S/C13H19Br2NO4/c1-11(2,3)20-10(19)16-5-4-12(7-13(12,14)15)6-8(16)9(17)18/h8H,4-7H2,1-3H3,(H,17,18)/t8-,12?/m1/s1. The third kappa shape index (κ3) is 2.98. The van der Waals surface area contributed by atoms with Gasteiger partial charge in [-0.2, -0.15) is 0 Å².